The molecule has 0 saturated carbocycles. The van der Waals surface area contributed by atoms with Gasteiger partial charge in [-0.25, -0.2) is 4.39 Å². The van der Waals surface area contributed by atoms with Gasteiger partial charge in [-0.1, -0.05) is 6.07 Å². The predicted molar refractivity (Wildman–Crippen MR) is 73.2 cm³/mol. The monoisotopic (exact) mass is 341 g/mol. The summed E-state index contributed by atoms with van der Waals surface area (Å²) in [5, 5.41) is 1.86. The van der Waals surface area contributed by atoms with Crippen LogP contribution in [0.1, 0.15) is 26.3 Å². The van der Waals surface area contributed by atoms with E-state index in [0.717, 1.165) is 12.1 Å². The van der Waals surface area contributed by atoms with Crippen molar-refractivity contribution in [2.45, 2.75) is 6.18 Å². The van der Waals surface area contributed by atoms with E-state index < -0.39 is 52.0 Å². The number of nitrogens with two attached hydrogens (primary N) is 1. The molecule has 1 aliphatic heterocycles. The van der Waals surface area contributed by atoms with Gasteiger partial charge < -0.3 is 5.73 Å². The number of amides is 2. The molecular weight excluding hydrogens is 334 g/mol. The zero-order chi connectivity index (χ0) is 17.8. The third kappa shape index (κ3) is 2.14. The lowest BCUT2D eigenvalue weighted by Gasteiger charge is -2.17. The van der Waals surface area contributed by atoms with E-state index in [4.69, 9.17) is 5.73 Å². The lowest BCUT2D eigenvalue weighted by molar-refractivity contribution is -0.137. The average molecular weight is 341 g/mol. The smallest absolute Gasteiger partial charge is 0.384 e. The van der Waals surface area contributed by atoms with Gasteiger partial charge in [0.1, 0.15) is 11.6 Å². The first-order valence-electron chi connectivity index (χ1n) is 6.40. The largest absolute Gasteiger partial charge is 0.418 e. The van der Waals surface area contributed by atoms with Gasteiger partial charge in [0.2, 0.25) is 0 Å². The number of carbonyl (C=O) groups excluding carboxylic acids is 2. The molecule has 0 unspecified atom stereocenters. The van der Waals surface area contributed by atoms with Gasteiger partial charge in [0, 0.05) is 6.07 Å². The molecule has 2 amide bonds. The number of aromatic nitrogens is 1. The number of para-hydroxylation sites is 1. The quantitative estimate of drug-likeness (QED) is 0.607. The summed E-state index contributed by atoms with van der Waals surface area (Å²) in [5.41, 5.74) is 1.02. The molecule has 0 atom stereocenters. The standard InChI is InChI=1S/C14H7F4N3O3/c15-7-3-1-2-6(14(16,17)18)10(7)21-8(22)4-5-9(11(21)19)13(24)20-12(5)23/h1-4H,19H2,(H,20,23,24). The molecule has 0 bridgehead atoms. The van der Waals surface area contributed by atoms with E-state index in [2.05, 4.69) is 0 Å². The highest BCUT2D eigenvalue weighted by molar-refractivity contribution is 6.23. The SMILES string of the molecule is Nc1c2c(cc(=O)n1-c1c(F)cccc1C(F)(F)F)C(=O)NC2=O. The zero-order valence-electron chi connectivity index (χ0n) is 11.6. The van der Waals surface area contributed by atoms with Crippen molar-refractivity contribution in [1.82, 2.24) is 9.88 Å². The molecule has 1 aromatic heterocycles. The summed E-state index contributed by atoms with van der Waals surface area (Å²) in [6, 6.07) is 2.75. The number of nitrogen functional groups attached to an aromatic ring is 1. The Hall–Kier alpha value is -3.17. The van der Waals surface area contributed by atoms with Gasteiger partial charge in [-0.15, -0.1) is 0 Å². The van der Waals surface area contributed by atoms with Gasteiger partial charge in [0.25, 0.3) is 17.4 Å². The normalized spacial score (nSPS) is 13.8. The molecule has 10 heteroatoms. The number of hydrogen-bond donors (Lipinski definition) is 2. The number of nitrogens with one attached hydrogen (secondary N) is 1. The van der Waals surface area contributed by atoms with Crippen LogP contribution >= 0.6 is 0 Å². The molecule has 24 heavy (non-hydrogen) atoms. The van der Waals surface area contributed by atoms with Crippen LogP contribution in [-0.2, 0) is 6.18 Å². The number of halogens is 4. The highest BCUT2D eigenvalue weighted by Crippen LogP contribution is 2.36. The van der Waals surface area contributed by atoms with Gasteiger partial charge in [0.15, 0.2) is 0 Å². The number of rotatable bonds is 1. The third-order valence-electron chi connectivity index (χ3n) is 3.47. The summed E-state index contributed by atoms with van der Waals surface area (Å²) in [7, 11) is 0. The summed E-state index contributed by atoms with van der Waals surface area (Å²) in [6.07, 6.45) is -4.97. The first-order chi connectivity index (χ1) is 11.1. The Bertz CT molecular complexity index is 963. The fourth-order valence-electron chi connectivity index (χ4n) is 2.48. The Kier molecular flexibility index (Phi) is 3.22. The van der Waals surface area contributed by atoms with Crippen LogP contribution in [0.3, 0.4) is 0 Å². The van der Waals surface area contributed by atoms with Gasteiger partial charge in [-0.05, 0) is 12.1 Å². The number of hydrogen-bond acceptors (Lipinski definition) is 4. The molecular formula is C14H7F4N3O3. The Balaban J connectivity index is 2.43. The minimum absolute atomic E-state index is 0.231. The molecule has 124 valence electrons. The van der Waals surface area contributed by atoms with E-state index in [9.17, 15) is 31.9 Å². The number of benzene rings is 1. The van der Waals surface area contributed by atoms with Crippen molar-refractivity contribution in [2.24, 2.45) is 0 Å². The fourth-order valence-corrected chi connectivity index (χ4v) is 2.48. The Labute approximate surface area is 130 Å². The molecule has 3 rings (SSSR count). The minimum Gasteiger partial charge on any atom is -0.384 e. The first kappa shape index (κ1) is 15.7. The topological polar surface area (TPSA) is 94.2 Å². The highest BCUT2D eigenvalue weighted by atomic mass is 19.4. The Morgan fingerprint density at radius 1 is 1.08 bits per heavy atom. The van der Waals surface area contributed by atoms with Crippen LogP contribution in [0, 0.1) is 5.82 Å². The Morgan fingerprint density at radius 3 is 2.38 bits per heavy atom. The van der Waals surface area contributed by atoms with Crippen molar-refractivity contribution in [2.75, 3.05) is 5.73 Å². The van der Waals surface area contributed by atoms with Crippen LogP contribution in [0.5, 0.6) is 0 Å². The first-order valence-corrected chi connectivity index (χ1v) is 6.40. The van der Waals surface area contributed by atoms with Crippen LogP contribution in [0.15, 0.2) is 29.1 Å². The molecule has 1 aliphatic rings. The lowest BCUT2D eigenvalue weighted by atomic mass is 10.1. The van der Waals surface area contributed by atoms with E-state index in [1.54, 1.807) is 0 Å². The van der Waals surface area contributed by atoms with Crippen LogP contribution in [0.2, 0.25) is 0 Å². The summed E-state index contributed by atoms with van der Waals surface area (Å²) in [5.74, 6) is -4.00. The van der Waals surface area contributed by atoms with Crippen molar-refractivity contribution in [3.63, 3.8) is 0 Å². The van der Waals surface area contributed by atoms with E-state index in [1.807, 2.05) is 5.32 Å². The van der Waals surface area contributed by atoms with Crippen LogP contribution in [0.4, 0.5) is 23.4 Å². The Morgan fingerprint density at radius 2 is 1.75 bits per heavy atom. The number of alkyl halides is 3. The summed E-state index contributed by atoms with van der Waals surface area (Å²) < 4.78 is 53.7. The van der Waals surface area contributed by atoms with Crippen LogP contribution < -0.4 is 16.6 Å². The van der Waals surface area contributed by atoms with E-state index >= 15 is 0 Å². The predicted octanol–water partition coefficient (Wildman–Crippen LogP) is 1.46. The van der Waals surface area contributed by atoms with E-state index in [1.165, 1.54) is 0 Å². The average Bonchev–Trinajstić information content (AvgIpc) is 2.74. The third-order valence-corrected chi connectivity index (χ3v) is 3.47. The molecule has 0 saturated heterocycles. The van der Waals surface area contributed by atoms with Crippen molar-refractivity contribution in [3.8, 4) is 5.69 Å². The number of carbonyl (C=O) groups is 2. The molecule has 0 radical (unpaired) electrons. The summed E-state index contributed by atoms with van der Waals surface area (Å²) in [6.45, 7) is 0. The number of pyridine rings is 1. The number of nitrogens with zero attached hydrogens (tertiary/aromatic N) is 1. The highest BCUT2D eigenvalue weighted by Gasteiger charge is 2.38. The molecule has 0 aliphatic carbocycles. The summed E-state index contributed by atoms with van der Waals surface area (Å²) in [4.78, 5) is 35.4. The van der Waals surface area contributed by atoms with Crippen molar-refractivity contribution in [1.29, 1.82) is 0 Å². The maximum atomic E-state index is 14.1. The molecule has 0 fully saturated rings. The van der Waals surface area contributed by atoms with Gasteiger partial charge in [-0.3, -0.25) is 24.3 Å². The zero-order valence-corrected chi connectivity index (χ0v) is 11.6. The molecule has 0 spiro atoms. The van der Waals surface area contributed by atoms with Crippen molar-refractivity contribution < 1.29 is 27.2 Å². The van der Waals surface area contributed by atoms with E-state index in [-0.39, 0.29) is 10.1 Å². The molecule has 2 heterocycles. The van der Waals surface area contributed by atoms with Gasteiger partial charge >= 0.3 is 6.18 Å². The van der Waals surface area contributed by atoms with Gasteiger partial charge in [-0.2, -0.15) is 13.2 Å². The molecule has 6 nitrogen and oxygen atoms in total. The number of imide groups is 1. The second-order valence-electron chi connectivity index (χ2n) is 4.91. The van der Waals surface area contributed by atoms with Gasteiger partial charge in [0.05, 0.1) is 22.4 Å². The molecule has 2 aromatic rings. The fraction of sp³-hybridized carbons (Fsp3) is 0.0714. The number of fused-ring (bicyclic) bond motifs is 1. The minimum atomic E-state index is -4.97. The van der Waals surface area contributed by atoms with Crippen LogP contribution in [-0.4, -0.2) is 16.4 Å². The molecule has 3 N–H and O–H groups in total. The summed E-state index contributed by atoms with van der Waals surface area (Å²) >= 11 is 0. The van der Waals surface area contributed by atoms with E-state index in [0.29, 0.717) is 12.1 Å². The van der Waals surface area contributed by atoms with Crippen LogP contribution in [0.25, 0.3) is 5.69 Å². The van der Waals surface area contributed by atoms with Crippen molar-refractivity contribution in [3.05, 3.63) is 57.1 Å². The van der Waals surface area contributed by atoms with Crippen molar-refractivity contribution >= 4 is 17.6 Å². The number of anilines is 1. The second-order valence-corrected chi connectivity index (χ2v) is 4.91. The lowest BCUT2D eigenvalue weighted by Crippen LogP contribution is -2.27. The second kappa shape index (κ2) is 4.91. The molecule has 1 aromatic carbocycles. The maximum Gasteiger partial charge on any atom is 0.418 e. The maximum absolute atomic E-state index is 14.1.